The highest BCUT2D eigenvalue weighted by Crippen LogP contribution is 2.32. The zero-order valence-electron chi connectivity index (χ0n) is 23.1. The van der Waals surface area contributed by atoms with Gasteiger partial charge in [-0.3, -0.25) is 14.4 Å². The van der Waals surface area contributed by atoms with E-state index in [9.17, 15) is 19.5 Å². The number of fused-ring (bicyclic) bond motifs is 1. The number of β-amino-alcohol motifs (C(OH)–C–C–N with tert-alkyl or cyclic N) is 1. The highest BCUT2D eigenvalue weighted by atomic mass is 32.1. The summed E-state index contributed by atoms with van der Waals surface area (Å²) in [5.74, 6) is -1.77. The third kappa shape index (κ3) is 5.04. The Bertz CT molecular complexity index is 1450. The van der Waals surface area contributed by atoms with Crippen molar-refractivity contribution in [3.63, 3.8) is 0 Å². The van der Waals surface area contributed by atoms with Crippen molar-refractivity contribution in [2.45, 2.75) is 65.1 Å². The lowest BCUT2D eigenvalue weighted by molar-refractivity contribution is -0.144. The molecule has 2 N–H and O–H groups in total. The molecule has 0 spiro atoms. The number of aryl methyl sites for hydroxylation is 2. The zero-order valence-corrected chi connectivity index (χ0v) is 23.9. The van der Waals surface area contributed by atoms with E-state index < -0.39 is 36.2 Å². The minimum absolute atomic E-state index is 0.156. The largest absolute Gasteiger partial charge is 0.388 e. The number of alkyl halides is 1. The SMILES string of the molecule is Cc1cc(-c2sccc2C)ccc1CNC(=O)C1[C@@H](F)[C@@H](O)CN1C(=O)[C@H](C(C)C)N1Cc2ccccc2C1=O. The number of halogens is 1. The van der Waals surface area contributed by atoms with Gasteiger partial charge in [-0.1, -0.05) is 50.2 Å². The summed E-state index contributed by atoms with van der Waals surface area (Å²) in [5.41, 5.74) is 5.50. The lowest BCUT2D eigenvalue weighted by atomic mass is 10.00. The number of amides is 3. The number of aliphatic hydroxyl groups excluding tert-OH is 1. The Morgan fingerprint density at radius 1 is 1.12 bits per heavy atom. The molecular weight excluding hydrogens is 529 g/mol. The maximum atomic E-state index is 15.2. The van der Waals surface area contributed by atoms with Gasteiger partial charge >= 0.3 is 0 Å². The molecule has 1 saturated heterocycles. The maximum absolute atomic E-state index is 15.2. The van der Waals surface area contributed by atoms with Crippen LogP contribution in [0.5, 0.6) is 0 Å². The lowest BCUT2D eigenvalue weighted by Gasteiger charge is -2.35. The molecule has 2 aliphatic heterocycles. The van der Waals surface area contributed by atoms with Crippen LogP contribution in [-0.4, -0.2) is 63.5 Å². The number of hydrogen-bond donors (Lipinski definition) is 2. The van der Waals surface area contributed by atoms with Gasteiger partial charge in [0.1, 0.15) is 18.2 Å². The number of benzene rings is 2. The van der Waals surface area contributed by atoms with Gasteiger partial charge in [0, 0.05) is 23.5 Å². The normalized spacial score (nSPS) is 21.2. The van der Waals surface area contributed by atoms with Crippen molar-refractivity contribution in [2.24, 2.45) is 5.92 Å². The van der Waals surface area contributed by atoms with E-state index in [1.54, 1.807) is 23.5 Å². The number of hydrogen-bond acceptors (Lipinski definition) is 5. The first kappa shape index (κ1) is 28.0. The summed E-state index contributed by atoms with van der Waals surface area (Å²) in [6.45, 7) is 7.76. The lowest BCUT2D eigenvalue weighted by Crippen LogP contribution is -2.56. The zero-order chi connectivity index (χ0) is 28.7. The highest BCUT2D eigenvalue weighted by Gasteiger charge is 2.51. The van der Waals surface area contributed by atoms with Crippen molar-refractivity contribution < 1.29 is 23.9 Å². The molecule has 1 aromatic heterocycles. The molecule has 0 radical (unpaired) electrons. The second-order valence-corrected chi connectivity index (χ2v) is 11.9. The molecule has 0 saturated carbocycles. The predicted octanol–water partition coefficient (Wildman–Crippen LogP) is 4.24. The number of rotatable bonds is 7. The fraction of sp³-hybridized carbons (Fsp3) is 0.387. The molecule has 3 heterocycles. The van der Waals surface area contributed by atoms with Crippen molar-refractivity contribution in [3.05, 3.63) is 81.7 Å². The number of thiophene rings is 1. The third-order valence-electron chi connectivity index (χ3n) is 7.93. The van der Waals surface area contributed by atoms with Crippen LogP contribution in [0.25, 0.3) is 10.4 Å². The maximum Gasteiger partial charge on any atom is 0.255 e. The van der Waals surface area contributed by atoms with Crippen molar-refractivity contribution in [1.82, 2.24) is 15.1 Å². The summed E-state index contributed by atoms with van der Waals surface area (Å²) < 4.78 is 15.2. The van der Waals surface area contributed by atoms with Crippen LogP contribution < -0.4 is 5.32 Å². The fourth-order valence-corrected chi connectivity index (χ4v) is 6.68. The molecule has 2 aliphatic rings. The minimum Gasteiger partial charge on any atom is -0.388 e. The van der Waals surface area contributed by atoms with Gasteiger partial charge in [0.05, 0.1) is 6.54 Å². The van der Waals surface area contributed by atoms with Gasteiger partial charge in [0.15, 0.2) is 6.17 Å². The van der Waals surface area contributed by atoms with Crippen LogP contribution in [0.3, 0.4) is 0 Å². The second-order valence-electron chi connectivity index (χ2n) is 11.0. The van der Waals surface area contributed by atoms with E-state index >= 15 is 4.39 Å². The first-order valence-corrected chi connectivity index (χ1v) is 14.4. The number of carbonyl (C=O) groups is 3. The van der Waals surface area contributed by atoms with Crippen LogP contribution in [0.1, 0.15) is 46.5 Å². The van der Waals surface area contributed by atoms with Gasteiger partial charge in [-0.25, -0.2) is 4.39 Å². The van der Waals surface area contributed by atoms with Crippen molar-refractivity contribution >= 4 is 29.1 Å². The van der Waals surface area contributed by atoms with Crippen LogP contribution in [-0.2, 0) is 22.7 Å². The van der Waals surface area contributed by atoms with Crippen LogP contribution >= 0.6 is 11.3 Å². The Balaban J connectivity index is 1.32. The molecule has 0 aliphatic carbocycles. The van der Waals surface area contributed by atoms with Crippen LogP contribution in [0.15, 0.2) is 53.9 Å². The molecule has 7 nitrogen and oxygen atoms in total. The smallest absolute Gasteiger partial charge is 0.255 e. The van der Waals surface area contributed by atoms with Crippen molar-refractivity contribution in [1.29, 1.82) is 0 Å². The molecular formula is C31H34FN3O4S. The molecule has 1 unspecified atom stereocenters. The second kappa shape index (κ2) is 11.1. The molecule has 0 bridgehead atoms. The van der Waals surface area contributed by atoms with E-state index in [0.717, 1.165) is 27.2 Å². The predicted molar refractivity (Wildman–Crippen MR) is 152 cm³/mol. The topological polar surface area (TPSA) is 89.9 Å². The molecule has 40 heavy (non-hydrogen) atoms. The van der Waals surface area contributed by atoms with Crippen LogP contribution in [0.4, 0.5) is 4.39 Å². The van der Waals surface area contributed by atoms with Gasteiger partial charge in [0.2, 0.25) is 11.8 Å². The number of likely N-dealkylation sites (tertiary alicyclic amines) is 1. The van der Waals surface area contributed by atoms with E-state index in [-0.39, 0.29) is 31.5 Å². The summed E-state index contributed by atoms with van der Waals surface area (Å²) in [6, 6.07) is 12.9. The molecule has 5 rings (SSSR count). The quantitative estimate of drug-likeness (QED) is 0.450. The molecule has 4 atom stereocenters. The average molecular weight is 564 g/mol. The molecule has 2 aromatic carbocycles. The minimum atomic E-state index is -1.94. The van der Waals surface area contributed by atoms with E-state index in [0.29, 0.717) is 5.56 Å². The van der Waals surface area contributed by atoms with E-state index in [1.165, 1.54) is 15.3 Å². The van der Waals surface area contributed by atoms with Gasteiger partial charge in [0.25, 0.3) is 5.91 Å². The Morgan fingerprint density at radius 2 is 1.88 bits per heavy atom. The van der Waals surface area contributed by atoms with Gasteiger partial charge in [-0.2, -0.15) is 0 Å². The van der Waals surface area contributed by atoms with Gasteiger partial charge < -0.3 is 20.2 Å². The fourth-order valence-electron chi connectivity index (χ4n) is 5.75. The van der Waals surface area contributed by atoms with E-state index in [1.807, 2.05) is 50.4 Å². The summed E-state index contributed by atoms with van der Waals surface area (Å²) >= 11 is 1.67. The summed E-state index contributed by atoms with van der Waals surface area (Å²) in [5, 5.41) is 15.2. The van der Waals surface area contributed by atoms with Crippen molar-refractivity contribution in [2.75, 3.05) is 6.54 Å². The molecule has 3 aromatic rings. The summed E-state index contributed by atoms with van der Waals surface area (Å²) in [4.78, 5) is 44.1. The van der Waals surface area contributed by atoms with Gasteiger partial charge in [-0.05, 0) is 65.1 Å². The average Bonchev–Trinajstić information content (AvgIpc) is 3.58. The number of carbonyl (C=O) groups excluding carboxylic acids is 3. The number of nitrogens with one attached hydrogen (secondary N) is 1. The highest BCUT2D eigenvalue weighted by molar-refractivity contribution is 7.13. The first-order valence-electron chi connectivity index (χ1n) is 13.5. The van der Waals surface area contributed by atoms with E-state index in [2.05, 4.69) is 24.4 Å². The summed E-state index contributed by atoms with van der Waals surface area (Å²) in [6.07, 6.45) is -3.43. The summed E-state index contributed by atoms with van der Waals surface area (Å²) in [7, 11) is 0. The Kier molecular flexibility index (Phi) is 7.79. The first-order chi connectivity index (χ1) is 19.1. The Hall–Kier alpha value is -3.56. The van der Waals surface area contributed by atoms with Gasteiger partial charge in [-0.15, -0.1) is 11.3 Å². The third-order valence-corrected chi connectivity index (χ3v) is 9.00. The number of nitrogens with zero attached hydrogens (tertiary/aromatic N) is 2. The molecule has 1 fully saturated rings. The Morgan fingerprint density at radius 3 is 2.52 bits per heavy atom. The number of aliphatic hydroxyl groups is 1. The van der Waals surface area contributed by atoms with E-state index in [4.69, 9.17) is 0 Å². The Labute approximate surface area is 237 Å². The van der Waals surface area contributed by atoms with Crippen LogP contribution in [0, 0.1) is 19.8 Å². The monoisotopic (exact) mass is 563 g/mol. The van der Waals surface area contributed by atoms with Crippen LogP contribution in [0.2, 0.25) is 0 Å². The molecule has 210 valence electrons. The molecule has 9 heteroatoms. The van der Waals surface area contributed by atoms with Crippen molar-refractivity contribution in [3.8, 4) is 10.4 Å². The molecule has 3 amide bonds. The standard InChI is InChI=1S/C31H34FN3O4S/c1-17(2)26(34-15-22-7-5-6-8-23(22)30(34)38)31(39)35-16-24(36)25(32)27(35)29(37)33-14-21-10-9-20(13-19(21)4)28-18(3)11-12-40-28/h5-13,17,24-27,36H,14-16H2,1-4H3,(H,33,37)/t24-,25-,26-,27?/m0/s1.